The maximum atomic E-state index is 12.0. The number of H-pyrrole nitrogens is 1. The first-order chi connectivity index (χ1) is 13.2. The van der Waals surface area contributed by atoms with Gasteiger partial charge in [0.05, 0.1) is 12.3 Å². The first-order valence-electron chi connectivity index (χ1n) is 8.09. The van der Waals surface area contributed by atoms with Crippen LogP contribution in [-0.2, 0) is 12.3 Å². The number of nitrogens with one attached hydrogen (secondary N) is 1. The van der Waals surface area contributed by atoms with Gasteiger partial charge in [-0.15, -0.1) is 5.10 Å². The van der Waals surface area contributed by atoms with Crippen molar-refractivity contribution in [3.8, 4) is 11.4 Å². The van der Waals surface area contributed by atoms with Gasteiger partial charge in [0.25, 0.3) is 0 Å². The summed E-state index contributed by atoms with van der Waals surface area (Å²) in [4.78, 5) is 16.4. The van der Waals surface area contributed by atoms with E-state index in [1.54, 1.807) is 16.7 Å². The number of halogens is 1. The first kappa shape index (κ1) is 17.6. The lowest BCUT2D eigenvalue weighted by molar-refractivity contribution is 0.391. The standard InChI is InChI=1S/C18H14ClN5O2S/c19-14-8-4-7-13(9-14)16-20-15(26-23-16)11-27-18-22-21-17(25)24(18)10-12-5-2-1-3-6-12/h1-9H,10-11H2,(H,21,25). The monoisotopic (exact) mass is 399 g/mol. The van der Waals surface area contributed by atoms with Crippen LogP contribution in [-0.4, -0.2) is 24.9 Å². The second-order valence-corrected chi connectivity index (χ2v) is 7.07. The van der Waals surface area contributed by atoms with Crippen LogP contribution in [0, 0.1) is 0 Å². The molecule has 0 bridgehead atoms. The lowest BCUT2D eigenvalue weighted by Crippen LogP contribution is -2.18. The van der Waals surface area contributed by atoms with Crippen LogP contribution in [0.15, 0.2) is 69.1 Å². The molecule has 0 saturated heterocycles. The summed E-state index contributed by atoms with van der Waals surface area (Å²) >= 11 is 7.34. The zero-order valence-corrected chi connectivity index (χ0v) is 15.6. The van der Waals surface area contributed by atoms with Crippen LogP contribution in [0.25, 0.3) is 11.4 Å². The van der Waals surface area contributed by atoms with Crippen molar-refractivity contribution in [1.29, 1.82) is 0 Å². The lowest BCUT2D eigenvalue weighted by atomic mass is 10.2. The third-order valence-corrected chi connectivity index (χ3v) is 4.98. The third kappa shape index (κ3) is 4.12. The lowest BCUT2D eigenvalue weighted by Gasteiger charge is -2.04. The highest BCUT2D eigenvalue weighted by Gasteiger charge is 2.13. The molecule has 0 fully saturated rings. The molecule has 0 saturated carbocycles. The largest absolute Gasteiger partial charge is 0.344 e. The fourth-order valence-corrected chi connectivity index (χ4v) is 3.48. The van der Waals surface area contributed by atoms with E-state index in [4.69, 9.17) is 16.1 Å². The molecule has 0 amide bonds. The summed E-state index contributed by atoms with van der Waals surface area (Å²) in [6.45, 7) is 0.441. The van der Waals surface area contributed by atoms with Crippen molar-refractivity contribution in [2.75, 3.05) is 0 Å². The molecule has 1 N–H and O–H groups in total. The van der Waals surface area contributed by atoms with E-state index in [1.807, 2.05) is 42.5 Å². The number of hydrogen-bond acceptors (Lipinski definition) is 6. The first-order valence-corrected chi connectivity index (χ1v) is 9.46. The highest BCUT2D eigenvalue weighted by molar-refractivity contribution is 7.98. The molecular formula is C18H14ClN5O2S. The molecule has 0 aliphatic heterocycles. The number of aromatic nitrogens is 5. The second-order valence-electron chi connectivity index (χ2n) is 5.69. The van der Waals surface area contributed by atoms with Gasteiger partial charge < -0.3 is 4.52 Å². The van der Waals surface area contributed by atoms with Crippen molar-refractivity contribution in [1.82, 2.24) is 24.9 Å². The maximum absolute atomic E-state index is 12.0. The van der Waals surface area contributed by atoms with Crippen molar-refractivity contribution in [3.05, 3.63) is 81.6 Å². The van der Waals surface area contributed by atoms with Crippen LogP contribution >= 0.6 is 23.4 Å². The molecule has 136 valence electrons. The summed E-state index contributed by atoms with van der Waals surface area (Å²) in [5.74, 6) is 1.31. The summed E-state index contributed by atoms with van der Waals surface area (Å²) in [6, 6.07) is 17.0. The molecule has 0 unspecified atom stereocenters. The Kier molecular flexibility index (Phi) is 5.08. The zero-order chi connectivity index (χ0) is 18.6. The Morgan fingerprint density at radius 2 is 2.00 bits per heavy atom. The van der Waals surface area contributed by atoms with E-state index in [2.05, 4.69) is 20.3 Å². The van der Waals surface area contributed by atoms with E-state index < -0.39 is 0 Å². The number of benzene rings is 2. The molecule has 0 radical (unpaired) electrons. The van der Waals surface area contributed by atoms with Crippen LogP contribution in [0.2, 0.25) is 5.02 Å². The number of rotatable bonds is 6. The zero-order valence-electron chi connectivity index (χ0n) is 14.0. The molecule has 0 atom stereocenters. The third-order valence-electron chi connectivity index (χ3n) is 3.78. The van der Waals surface area contributed by atoms with Crippen molar-refractivity contribution < 1.29 is 4.52 Å². The Labute approximate surface area is 163 Å². The summed E-state index contributed by atoms with van der Waals surface area (Å²) < 4.78 is 6.87. The minimum atomic E-state index is -0.258. The Balaban J connectivity index is 1.48. The van der Waals surface area contributed by atoms with Crippen LogP contribution in [0.4, 0.5) is 0 Å². The fraction of sp³-hybridized carbons (Fsp3) is 0.111. The Morgan fingerprint density at radius 3 is 2.81 bits per heavy atom. The van der Waals surface area contributed by atoms with E-state index in [9.17, 15) is 4.79 Å². The number of nitrogens with zero attached hydrogens (tertiary/aromatic N) is 4. The molecule has 27 heavy (non-hydrogen) atoms. The second kappa shape index (κ2) is 7.81. The van der Waals surface area contributed by atoms with Gasteiger partial charge in [-0.2, -0.15) is 4.98 Å². The summed E-state index contributed by atoms with van der Waals surface area (Å²) in [7, 11) is 0. The molecule has 4 rings (SSSR count). The van der Waals surface area contributed by atoms with Gasteiger partial charge in [0, 0.05) is 10.6 Å². The maximum Gasteiger partial charge on any atom is 0.344 e. The number of hydrogen-bond donors (Lipinski definition) is 1. The van der Waals surface area contributed by atoms with E-state index in [0.29, 0.717) is 34.2 Å². The quantitative estimate of drug-likeness (QED) is 0.498. The molecule has 2 aromatic heterocycles. The highest BCUT2D eigenvalue weighted by atomic mass is 35.5. The number of aromatic amines is 1. The highest BCUT2D eigenvalue weighted by Crippen LogP contribution is 2.23. The van der Waals surface area contributed by atoms with Crippen LogP contribution < -0.4 is 5.69 Å². The predicted molar refractivity (Wildman–Crippen MR) is 103 cm³/mol. The van der Waals surface area contributed by atoms with Crippen molar-refractivity contribution in [3.63, 3.8) is 0 Å². The van der Waals surface area contributed by atoms with E-state index in [-0.39, 0.29) is 5.69 Å². The van der Waals surface area contributed by atoms with Gasteiger partial charge in [-0.1, -0.05) is 71.0 Å². The van der Waals surface area contributed by atoms with Crippen molar-refractivity contribution in [2.24, 2.45) is 0 Å². The summed E-state index contributed by atoms with van der Waals surface area (Å²) in [6.07, 6.45) is 0. The predicted octanol–water partition coefficient (Wildman–Crippen LogP) is 3.62. The molecule has 0 aliphatic rings. The van der Waals surface area contributed by atoms with Gasteiger partial charge in [-0.3, -0.25) is 4.57 Å². The minimum absolute atomic E-state index is 0.258. The van der Waals surface area contributed by atoms with Crippen molar-refractivity contribution in [2.45, 2.75) is 17.5 Å². The van der Waals surface area contributed by atoms with E-state index >= 15 is 0 Å². The van der Waals surface area contributed by atoms with E-state index in [0.717, 1.165) is 11.1 Å². The normalized spacial score (nSPS) is 11.0. The topological polar surface area (TPSA) is 89.6 Å². The summed E-state index contributed by atoms with van der Waals surface area (Å²) in [5, 5.41) is 11.7. The SMILES string of the molecule is O=c1[nH]nc(SCc2nc(-c3cccc(Cl)c3)no2)n1Cc1ccccc1. The molecule has 0 aliphatic carbocycles. The molecule has 7 nitrogen and oxygen atoms in total. The Bertz CT molecular complexity index is 1110. The molecule has 2 aromatic carbocycles. The molecule has 0 spiro atoms. The Hall–Kier alpha value is -2.84. The Morgan fingerprint density at radius 1 is 1.15 bits per heavy atom. The van der Waals surface area contributed by atoms with Gasteiger partial charge in [-0.05, 0) is 17.7 Å². The number of thioether (sulfide) groups is 1. The van der Waals surface area contributed by atoms with Gasteiger partial charge in [0.1, 0.15) is 0 Å². The van der Waals surface area contributed by atoms with Crippen molar-refractivity contribution >= 4 is 23.4 Å². The molecule has 9 heteroatoms. The smallest absolute Gasteiger partial charge is 0.338 e. The fourth-order valence-electron chi connectivity index (χ4n) is 2.50. The molecular weight excluding hydrogens is 386 g/mol. The molecule has 4 aromatic rings. The van der Waals surface area contributed by atoms with Gasteiger partial charge in [0.2, 0.25) is 11.7 Å². The van der Waals surface area contributed by atoms with Crippen LogP contribution in [0.3, 0.4) is 0 Å². The van der Waals surface area contributed by atoms with Crippen LogP contribution in [0.5, 0.6) is 0 Å². The van der Waals surface area contributed by atoms with Gasteiger partial charge >= 0.3 is 5.69 Å². The minimum Gasteiger partial charge on any atom is -0.338 e. The van der Waals surface area contributed by atoms with Crippen LogP contribution in [0.1, 0.15) is 11.5 Å². The van der Waals surface area contributed by atoms with Gasteiger partial charge in [0.15, 0.2) is 5.16 Å². The summed E-state index contributed by atoms with van der Waals surface area (Å²) in [5.41, 5.74) is 1.54. The van der Waals surface area contributed by atoms with Gasteiger partial charge in [-0.25, -0.2) is 9.89 Å². The van der Waals surface area contributed by atoms with E-state index in [1.165, 1.54) is 11.8 Å². The average Bonchev–Trinajstić information content (AvgIpc) is 3.29. The average molecular weight is 400 g/mol. The molecule has 2 heterocycles.